The quantitative estimate of drug-likeness (QED) is 0.667. The van der Waals surface area contributed by atoms with Crippen molar-refractivity contribution in [3.05, 3.63) is 11.8 Å². The van der Waals surface area contributed by atoms with Gasteiger partial charge in [-0.1, -0.05) is 0 Å². The molecule has 1 aliphatic rings. The monoisotopic (exact) mass is 230 g/mol. The van der Waals surface area contributed by atoms with E-state index < -0.39 is 24.3 Å². The van der Waals surface area contributed by atoms with Crippen LogP contribution >= 0.6 is 0 Å². The maximum absolute atomic E-state index is 11.1. The summed E-state index contributed by atoms with van der Waals surface area (Å²) in [5.74, 6) is 0.0153. The van der Waals surface area contributed by atoms with E-state index in [0.717, 1.165) is 0 Å². The number of carbonyl (C=O) groups excluding carboxylic acids is 1. The Morgan fingerprint density at radius 1 is 1.56 bits per heavy atom. The van der Waals surface area contributed by atoms with Crippen molar-refractivity contribution in [2.45, 2.75) is 44.5 Å². The second kappa shape index (κ2) is 5.86. The second-order valence-corrected chi connectivity index (χ2v) is 3.99. The molecule has 0 aromatic rings. The van der Waals surface area contributed by atoms with Crippen molar-refractivity contribution in [2.75, 3.05) is 7.11 Å². The third kappa shape index (κ3) is 3.83. The fourth-order valence-electron chi connectivity index (χ4n) is 1.57. The predicted molar refractivity (Wildman–Crippen MR) is 56.5 cm³/mol. The van der Waals surface area contributed by atoms with Gasteiger partial charge in [0.2, 0.25) is 0 Å². The van der Waals surface area contributed by atoms with Crippen molar-refractivity contribution >= 4 is 5.97 Å². The summed E-state index contributed by atoms with van der Waals surface area (Å²) >= 11 is 0. The van der Waals surface area contributed by atoms with E-state index in [4.69, 9.17) is 14.6 Å². The van der Waals surface area contributed by atoms with Gasteiger partial charge >= 0.3 is 5.97 Å². The molecule has 0 fully saturated rings. The normalized spacial score (nSPS) is 24.4. The van der Waals surface area contributed by atoms with Crippen LogP contribution in [-0.2, 0) is 14.3 Å². The standard InChI is InChI=1S/C11H18O5/c1-7(12)3-4-9(13)10-5-8(15-2)6-11(14)16-10/h6-7,9-10,12-13H,3-5H2,1-2H3/t7-,9+,10+/m1/s1. The molecule has 1 rings (SSSR count). The third-order valence-corrected chi connectivity index (χ3v) is 2.52. The number of aliphatic hydroxyl groups is 2. The van der Waals surface area contributed by atoms with Crippen LogP contribution in [0.25, 0.3) is 0 Å². The topological polar surface area (TPSA) is 76.0 Å². The fraction of sp³-hybridized carbons (Fsp3) is 0.727. The molecular formula is C11H18O5. The number of ether oxygens (including phenoxy) is 2. The third-order valence-electron chi connectivity index (χ3n) is 2.52. The zero-order chi connectivity index (χ0) is 12.1. The van der Waals surface area contributed by atoms with Gasteiger partial charge < -0.3 is 19.7 Å². The second-order valence-electron chi connectivity index (χ2n) is 3.99. The van der Waals surface area contributed by atoms with E-state index in [-0.39, 0.29) is 0 Å². The molecule has 0 aromatic heterocycles. The van der Waals surface area contributed by atoms with Gasteiger partial charge in [0.05, 0.1) is 25.4 Å². The average Bonchev–Trinajstić information content (AvgIpc) is 2.24. The number of hydrogen-bond acceptors (Lipinski definition) is 5. The summed E-state index contributed by atoms with van der Waals surface area (Å²) in [5.41, 5.74) is 0. The van der Waals surface area contributed by atoms with Gasteiger partial charge in [-0.2, -0.15) is 0 Å². The summed E-state index contributed by atoms with van der Waals surface area (Å²) < 4.78 is 9.95. The minimum atomic E-state index is -0.766. The van der Waals surface area contributed by atoms with Gasteiger partial charge in [0, 0.05) is 6.42 Å². The van der Waals surface area contributed by atoms with Crippen molar-refractivity contribution < 1.29 is 24.5 Å². The molecule has 5 heteroatoms. The molecule has 3 atom stereocenters. The van der Waals surface area contributed by atoms with Crippen molar-refractivity contribution in [1.82, 2.24) is 0 Å². The van der Waals surface area contributed by atoms with Crippen LogP contribution in [0, 0.1) is 0 Å². The van der Waals surface area contributed by atoms with Crippen LogP contribution in [0.4, 0.5) is 0 Å². The van der Waals surface area contributed by atoms with E-state index in [9.17, 15) is 9.90 Å². The first-order chi connectivity index (χ1) is 7.52. The number of carbonyl (C=O) groups is 1. The van der Waals surface area contributed by atoms with Crippen LogP contribution in [0.2, 0.25) is 0 Å². The van der Waals surface area contributed by atoms with E-state index in [2.05, 4.69) is 0 Å². The van der Waals surface area contributed by atoms with E-state index in [1.165, 1.54) is 13.2 Å². The summed E-state index contributed by atoms with van der Waals surface area (Å²) in [4.78, 5) is 11.1. The lowest BCUT2D eigenvalue weighted by Gasteiger charge is -2.26. The summed E-state index contributed by atoms with van der Waals surface area (Å²) in [6.45, 7) is 1.65. The summed E-state index contributed by atoms with van der Waals surface area (Å²) in [7, 11) is 1.48. The van der Waals surface area contributed by atoms with Gasteiger partial charge in [0.1, 0.15) is 11.9 Å². The first kappa shape index (κ1) is 13.0. The van der Waals surface area contributed by atoms with Gasteiger partial charge in [-0.25, -0.2) is 4.79 Å². The molecule has 0 spiro atoms. The highest BCUT2D eigenvalue weighted by Crippen LogP contribution is 2.21. The minimum Gasteiger partial charge on any atom is -0.501 e. The van der Waals surface area contributed by atoms with E-state index >= 15 is 0 Å². The minimum absolute atomic E-state index is 0.378. The Kier molecular flexibility index (Phi) is 4.76. The molecule has 16 heavy (non-hydrogen) atoms. The maximum Gasteiger partial charge on any atom is 0.334 e. The Morgan fingerprint density at radius 3 is 2.81 bits per heavy atom. The number of aliphatic hydroxyl groups excluding tert-OH is 2. The molecule has 0 saturated carbocycles. The molecule has 2 N–H and O–H groups in total. The van der Waals surface area contributed by atoms with Gasteiger partial charge in [-0.15, -0.1) is 0 Å². The van der Waals surface area contributed by atoms with Crippen LogP contribution in [-0.4, -0.2) is 41.6 Å². The van der Waals surface area contributed by atoms with Gasteiger partial charge in [0.25, 0.3) is 0 Å². The highest BCUT2D eigenvalue weighted by Gasteiger charge is 2.28. The number of hydrogen-bond donors (Lipinski definition) is 2. The van der Waals surface area contributed by atoms with Gasteiger partial charge in [-0.3, -0.25) is 0 Å². The summed E-state index contributed by atoms with van der Waals surface area (Å²) in [6.07, 6.45) is 0.713. The molecule has 1 aliphatic heterocycles. The maximum atomic E-state index is 11.1. The number of rotatable bonds is 5. The van der Waals surface area contributed by atoms with Crippen LogP contribution in [0.15, 0.2) is 11.8 Å². The van der Waals surface area contributed by atoms with Gasteiger partial charge in [-0.05, 0) is 19.8 Å². The van der Waals surface area contributed by atoms with Crippen molar-refractivity contribution in [2.24, 2.45) is 0 Å². The Morgan fingerprint density at radius 2 is 2.25 bits per heavy atom. The van der Waals surface area contributed by atoms with Crippen LogP contribution < -0.4 is 0 Å². The lowest BCUT2D eigenvalue weighted by Crippen LogP contribution is -2.34. The van der Waals surface area contributed by atoms with Crippen molar-refractivity contribution in [1.29, 1.82) is 0 Å². The fourth-order valence-corrected chi connectivity index (χ4v) is 1.57. The molecule has 0 amide bonds. The molecule has 0 radical (unpaired) electrons. The zero-order valence-corrected chi connectivity index (χ0v) is 9.55. The smallest absolute Gasteiger partial charge is 0.334 e. The highest BCUT2D eigenvalue weighted by atomic mass is 16.6. The molecule has 92 valence electrons. The number of esters is 1. The Bertz CT molecular complexity index is 272. The Balaban J connectivity index is 2.48. The lowest BCUT2D eigenvalue weighted by atomic mass is 10.0. The van der Waals surface area contributed by atoms with Crippen molar-refractivity contribution in [3.8, 4) is 0 Å². The van der Waals surface area contributed by atoms with Crippen LogP contribution in [0.1, 0.15) is 26.2 Å². The summed E-state index contributed by atoms with van der Waals surface area (Å²) in [6, 6.07) is 0. The highest BCUT2D eigenvalue weighted by molar-refractivity contribution is 5.83. The number of cyclic esters (lactones) is 1. The first-order valence-corrected chi connectivity index (χ1v) is 5.34. The van der Waals surface area contributed by atoms with Gasteiger partial charge in [0.15, 0.2) is 0 Å². The van der Waals surface area contributed by atoms with E-state index in [0.29, 0.717) is 25.0 Å². The Hall–Kier alpha value is -1.07. The molecular weight excluding hydrogens is 212 g/mol. The SMILES string of the molecule is COC1=CC(=O)O[C@H]([C@@H](O)CC[C@@H](C)O)C1. The first-order valence-electron chi connectivity index (χ1n) is 5.34. The van der Waals surface area contributed by atoms with Crippen molar-refractivity contribution in [3.63, 3.8) is 0 Å². The van der Waals surface area contributed by atoms with Crippen LogP contribution in [0.5, 0.6) is 0 Å². The molecule has 0 aliphatic carbocycles. The summed E-state index contributed by atoms with van der Waals surface area (Å²) in [5, 5.41) is 18.9. The zero-order valence-electron chi connectivity index (χ0n) is 9.55. The molecule has 1 heterocycles. The van der Waals surface area contributed by atoms with E-state index in [1.807, 2.05) is 0 Å². The molecule has 0 aromatic carbocycles. The average molecular weight is 230 g/mol. The predicted octanol–water partition coefficient (Wildman–Crippen LogP) is 0.354. The molecule has 0 bridgehead atoms. The Labute approximate surface area is 94.7 Å². The van der Waals surface area contributed by atoms with Crippen LogP contribution in [0.3, 0.4) is 0 Å². The largest absolute Gasteiger partial charge is 0.501 e. The molecule has 5 nitrogen and oxygen atoms in total. The lowest BCUT2D eigenvalue weighted by molar-refractivity contribution is -0.152. The molecule has 0 unspecified atom stereocenters. The van der Waals surface area contributed by atoms with E-state index in [1.54, 1.807) is 6.92 Å². The molecule has 0 saturated heterocycles. The number of methoxy groups -OCH3 is 1.